The maximum atomic E-state index is 10.5. The molecule has 0 aliphatic heterocycles. The summed E-state index contributed by atoms with van der Waals surface area (Å²) in [6, 6.07) is 12.8. The zero-order valence-corrected chi connectivity index (χ0v) is 13.3. The number of aryl methyl sites for hydroxylation is 3. The number of halogens is 1. The maximum Gasteiger partial charge on any atom is 0.0830 e. The molecule has 0 aromatic heterocycles. The Hall–Kier alpha value is -1.12. The van der Waals surface area contributed by atoms with Crippen LogP contribution in [0, 0.1) is 6.92 Å². The van der Waals surface area contributed by atoms with Gasteiger partial charge in [0, 0.05) is 10.9 Å². The number of benzene rings is 2. The number of hydrogen-bond donors (Lipinski definition) is 1. The van der Waals surface area contributed by atoms with Crippen LogP contribution in [0.1, 0.15) is 40.3 Å². The molecule has 1 nitrogen and oxygen atoms in total. The molecule has 0 amide bonds. The fourth-order valence-electron chi connectivity index (χ4n) is 3.05. The molecular formula is C18H19BrO. The smallest absolute Gasteiger partial charge is 0.0830 e. The first-order valence-electron chi connectivity index (χ1n) is 7.17. The summed E-state index contributed by atoms with van der Waals surface area (Å²) in [5, 5.41) is 10.5. The summed E-state index contributed by atoms with van der Waals surface area (Å²) < 4.78 is 1.03. The van der Waals surface area contributed by atoms with E-state index in [4.69, 9.17) is 0 Å². The third-order valence-electron chi connectivity index (χ3n) is 4.04. The second-order valence-corrected chi connectivity index (χ2v) is 6.65. The van der Waals surface area contributed by atoms with Crippen molar-refractivity contribution in [3.63, 3.8) is 0 Å². The predicted molar refractivity (Wildman–Crippen MR) is 86.0 cm³/mol. The van der Waals surface area contributed by atoms with Crippen molar-refractivity contribution < 1.29 is 5.11 Å². The van der Waals surface area contributed by atoms with Crippen LogP contribution < -0.4 is 0 Å². The van der Waals surface area contributed by atoms with Crippen LogP contribution in [-0.4, -0.2) is 5.11 Å². The van der Waals surface area contributed by atoms with Crippen LogP contribution in [0.25, 0.3) is 0 Å². The largest absolute Gasteiger partial charge is 0.388 e. The Morgan fingerprint density at radius 1 is 1.10 bits per heavy atom. The lowest BCUT2D eigenvalue weighted by Crippen LogP contribution is -2.03. The minimum Gasteiger partial charge on any atom is -0.388 e. The van der Waals surface area contributed by atoms with Gasteiger partial charge in [0.1, 0.15) is 0 Å². The van der Waals surface area contributed by atoms with Gasteiger partial charge in [-0.05, 0) is 66.1 Å². The third-order valence-corrected chi connectivity index (χ3v) is 4.50. The minimum atomic E-state index is -0.439. The molecule has 20 heavy (non-hydrogen) atoms. The van der Waals surface area contributed by atoms with E-state index in [1.807, 2.05) is 6.07 Å². The summed E-state index contributed by atoms with van der Waals surface area (Å²) in [5.74, 6) is 0. The molecule has 1 unspecified atom stereocenters. The molecule has 2 heteroatoms. The van der Waals surface area contributed by atoms with Gasteiger partial charge in [0.05, 0.1) is 6.10 Å². The molecule has 0 saturated heterocycles. The molecule has 1 atom stereocenters. The van der Waals surface area contributed by atoms with E-state index >= 15 is 0 Å². The normalized spacial score (nSPS) is 15.2. The summed E-state index contributed by atoms with van der Waals surface area (Å²) in [6.07, 6.45) is 3.92. The van der Waals surface area contributed by atoms with Crippen molar-refractivity contribution in [3.8, 4) is 0 Å². The van der Waals surface area contributed by atoms with Crippen molar-refractivity contribution in [2.75, 3.05) is 0 Å². The molecule has 1 aliphatic rings. The Morgan fingerprint density at radius 3 is 2.70 bits per heavy atom. The van der Waals surface area contributed by atoms with Gasteiger partial charge in [-0.15, -0.1) is 0 Å². The summed E-state index contributed by atoms with van der Waals surface area (Å²) in [4.78, 5) is 0. The van der Waals surface area contributed by atoms with Crippen LogP contribution in [0.15, 0.2) is 40.9 Å². The van der Waals surface area contributed by atoms with Gasteiger partial charge in [-0.25, -0.2) is 0 Å². The van der Waals surface area contributed by atoms with Crippen LogP contribution >= 0.6 is 15.9 Å². The van der Waals surface area contributed by atoms with Crippen molar-refractivity contribution in [2.45, 2.75) is 38.7 Å². The highest BCUT2D eigenvalue weighted by Gasteiger charge is 2.14. The topological polar surface area (TPSA) is 20.2 Å². The van der Waals surface area contributed by atoms with Gasteiger partial charge in [-0.1, -0.05) is 40.2 Å². The van der Waals surface area contributed by atoms with Gasteiger partial charge in [-0.3, -0.25) is 0 Å². The fourth-order valence-corrected chi connectivity index (χ4v) is 3.68. The molecule has 0 spiro atoms. The molecule has 0 fully saturated rings. The average Bonchev–Trinajstić information content (AvgIpc) is 2.85. The highest BCUT2D eigenvalue weighted by molar-refractivity contribution is 9.10. The van der Waals surface area contributed by atoms with Crippen molar-refractivity contribution in [1.29, 1.82) is 0 Å². The molecule has 104 valence electrons. The Kier molecular flexibility index (Phi) is 3.95. The second-order valence-electron chi connectivity index (χ2n) is 5.74. The third kappa shape index (κ3) is 2.97. The van der Waals surface area contributed by atoms with Gasteiger partial charge in [0.15, 0.2) is 0 Å². The van der Waals surface area contributed by atoms with E-state index in [0.29, 0.717) is 6.42 Å². The van der Waals surface area contributed by atoms with E-state index in [9.17, 15) is 5.11 Å². The first-order chi connectivity index (χ1) is 9.61. The monoisotopic (exact) mass is 330 g/mol. The average molecular weight is 331 g/mol. The van der Waals surface area contributed by atoms with E-state index in [-0.39, 0.29) is 0 Å². The minimum absolute atomic E-state index is 0.439. The molecule has 2 aromatic rings. The number of rotatable bonds is 3. The molecule has 2 aromatic carbocycles. The van der Waals surface area contributed by atoms with Crippen molar-refractivity contribution >= 4 is 15.9 Å². The molecule has 0 radical (unpaired) electrons. The van der Waals surface area contributed by atoms with Gasteiger partial charge in [-0.2, -0.15) is 0 Å². The zero-order valence-electron chi connectivity index (χ0n) is 11.7. The predicted octanol–water partition coefficient (Wildman–Crippen LogP) is 4.52. The molecule has 3 rings (SSSR count). The Labute approximate surface area is 128 Å². The van der Waals surface area contributed by atoms with E-state index in [0.717, 1.165) is 10.0 Å². The first-order valence-corrected chi connectivity index (χ1v) is 7.97. The highest BCUT2D eigenvalue weighted by Crippen LogP contribution is 2.27. The summed E-state index contributed by atoms with van der Waals surface area (Å²) in [6.45, 7) is 2.05. The molecule has 1 N–H and O–H groups in total. The standard InChI is InChI=1S/C18H19BrO/c1-12-7-16(11-17(19)8-12)18(20)10-13-5-6-14-3-2-4-15(14)9-13/h5-9,11,18,20H,2-4,10H2,1H3. The maximum absolute atomic E-state index is 10.5. The van der Waals surface area contributed by atoms with Gasteiger partial charge >= 0.3 is 0 Å². The van der Waals surface area contributed by atoms with Crippen LogP contribution in [0.5, 0.6) is 0 Å². The van der Waals surface area contributed by atoms with Crippen LogP contribution in [0.2, 0.25) is 0 Å². The highest BCUT2D eigenvalue weighted by atomic mass is 79.9. The van der Waals surface area contributed by atoms with E-state index < -0.39 is 6.10 Å². The van der Waals surface area contributed by atoms with Crippen molar-refractivity contribution in [1.82, 2.24) is 0 Å². The molecule has 0 bridgehead atoms. The fraction of sp³-hybridized carbons (Fsp3) is 0.333. The molecular weight excluding hydrogens is 312 g/mol. The van der Waals surface area contributed by atoms with Crippen LogP contribution in [-0.2, 0) is 19.3 Å². The Bertz CT molecular complexity index is 613. The van der Waals surface area contributed by atoms with E-state index in [1.165, 1.54) is 41.5 Å². The van der Waals surface area contributed by atoms with E-state index in [1.54, 1.807) is 0 Å². The zero-order chi connectivity index (χ0) is 14.1. The SMILES string of the molecule is Cc1cc(Br)cc(C(O)Cc2ccc3c(c2)CCC3)c1. The number of aliphatic hydroxyl groups excluding tert-OH is 1. The lowest BCUT2D eigenvalue weighted by molar-refractivity contribution is 0.178. The quantitative estimate of drug-likeness (QED) is 0.877. The second kappa shape index (κ2) is 5.71. The van der Waals surface area contributed by atoms with Gasteiger partial charge in [0.25, 0.3) is 0 Å². The summed E-state index contributed by atoms with van der Waals surface area (Å²) >= 11 is 3.50. The van der Waals surface area contributed by atoms with Gasteiger partial charge < -0.3 is 5.11 Å². The van der Waals surface area contributed by atoms with Crippen molar-refractivity contribution in [3.05, 3.63) is 68.7 Å². The first kappa shape index (κ1) is 13.8. The van der Waals surface area contributed by atoms with Crippen LogP contribution in [0.3, 0.4) is 0 Å². The summed E-state index contributed by atoms with van der Waals surface area (Å²) in [7, 11) is 0. The molecule has 1 aliphatic carbocycles. The Balaban J connectivity index is 1.80. The number of aliphatic hydroxyl groups is 1. The number of fused-ring (bicyclic) bond motifs is 1. The Morgan fingerprint density at radius 2 is 1.90 bits per heavy atom. The van der Waals surface area contributed by atoms with Crippen molar-refractivity contribution in [2.24, 2.45) is 0 Å². The molecule has 0 saturated carbocycles. The summed E-state index contributed by atoms with van der Waals surface area (Å²) in [5.41, 5.74) is 6.34. The van der Waals surface area contributed by atoms with Gasteiger partial charge in [0.2, 0.25) is 0 Å². The van der Waals surface area contributed by atoms with E-state index in [2.05, 4.69) is 53.2 Å². The molecule has 0 heterocycles. The number of hydrogen-bond acceptors (Lipinski definition) is 1. The van der Waals surface area contributed by atoms with Crippen LogP contribution in [0.4, 0.5) is 0 Å². The lowest BCUT2D eigenvalue weighted by Gasteiger charge is -2.13. The lowest BCUT2D eigenvalue weighted by atomic mass is 9.98.